The fourth-order valence-corrected chi connectivity index (χ4v) is 3.34. The van der Waals surface area contributed by atoms with Crippen LogP contribution in [0.5, 0.6) is 5.75 Å². The predicted molar refractivity (Wildman–Crippen MR) is 116 cm³/mol. The first-order chi connectivity index (χ1) is 14.8. The molecule has 1 unspecified atom stereocenters. The van der Waals surface area contributed by atoms with E-state index in [-0.39, 0.29) is 12.4 Å². The molecular formula is C22H22FN3O4S. The normalized spacial score (nSPS) is 12.4. The minimum absolute atomic E-state index is 0.0698. The van der Waals surface area contributed by atoms with E-state index in [1.165, 1.54) is 18.3 Å². The number of rotatable bonds is 8. The molecule has 2 heterocycles. The first-order valence-electron chi connectivity index (χ1n) is 9.29. The Balaban J connectivity index is 1.79. The van der Waals surface area contributed by atoms with Gasteiger partial charge in [0.05, 0.1) is 11.1 Å². The van der Waals surface area contributed by atoms with Gasteiger partial charge in [-0.2, -0.15) is 0 Å². The van der Waals surface area contributed by atoms with E-state index in [1.54, 1.807) is 39.3 Å². The van der Waals surface area contributed by atoms with E-state index in [9.17, 15) is 9.18 Å². The highest BCUT2D eigenvalue weighted by molar-refractivity contribution is 7.99. The predicted octanol–water partition coefficient (Wildman–Crippen LogP) is 3.61. The van der Waals surface area contributed by atoms with Gasteiger partial charge in [-0.15, -0.1) is 18.2 Å². The minimum atomic E-state index is -1.000. The van der Waals surface area contributed by atoms with Gasteiger partial charge in [0.25, 0.3) is 5.91 Å². The molecule has 1 amide bonds. The molecule has 3 rings (SSSR count). The van der Waals surface area contributed by atoms with Crippen LogP contribution in [0.25, 0.3) is 10.9 Å². The minimum Gasteiger partial charge on any atom is -0.467 e. The zero-order valence-electron chi connectivity index (χ0n) is 17.6. The van der Waals surface area contributed by atoms with Crippen LogP contribution in [0.2, 0.25) is 0 Å². The summed E-state index contributed by atoms with van der Waals surface area (Å²) in [6, 6.07) is 6.14. The molecule has 0 aliphatic rings. The Bertz CT molecular complexity index is 1140. The molecule has 0 bridgehead atoms. The molecule has 0 saturated carbocycles. The lowest BCUT2D eigenvalue weighted by molar-refractivity contribution is -0.126. The van der Waals surface area contributed by atoms with Crippen molar-refractivity contribution in [3.8, 4) is 18.1 Å². The van der Waals surface area contributed by atoms with Crippen LogP contribution < -0.4 is 10.1 Å². The summed E-state index contributed by atoms with van der Waals surface area (Å²) < 4.78 is 30.5. The van der Waals surface area contributed by atoms with Gasteiger partial charge >= 0.3 is 0 Å². The number of hydrogen-bond donors (Lipinski definition) is 1. The number of halogens is 1. The smallest absolute Gasteiger partial charge is 0.272 e. The van der Waals surface area contributed by atoms with Crippen LogP contribution in [0, 0.1) is 18.2 Å². The molecule has 0 saturated heterocycles. The van der Waals surface area contributed by atoms with Crippen LogP contribution in [-0.2, 0) is 21.7 Å². The van der Waals surface area contributed by atoms with Crippen molar-refractivity contribution in [1.82, 2.24) is 15.5 Å². The topological polar surface area (TPSA) is 86.5 Å². The van der Waals surface area contributed by atoms with Crippen LogP contribution in [-0.4, -0.2) is 34.8 Å². The number of carbonyl (C=O) groups is 1. The molecule has 0 radical (unpaired) electrons. The van der Waals surface area contributed by atoms with Crippen molar-refractivity contribution in [3.63, 3.8) is 0 Å². The second-order valence-corrected chi connectivity index (χ2v) is 8.15. The number of nitrogens with zero attached hydrogens (tertiary/aromatic N) is 2. The number of pyridine rings is 1. The molecule has 1 atom stereocenters. The first-order valence-corrected chi connectivity index (χ1v) is 10.6. The number of fused-ring (bicyclic) bond motifs is 1. The van der Waals surface area contributed by atoms with Crippen molar-refractivity contribution in [1.29, 1.82) is 0 Å². The summed E-state index contributed by atoms with van der Waals surface area (Å²) in [5.74, 6) is 1.89. The monoisotopic (exact) mass is 443 g/mol. The van der Waals surface area contributed by atoms with E-state index < -0.39 is 22.7 Å². The summed E-state index contributed by atoms with van der Waals surface area (Å²) in [6.45, 7) is 3.83. The number of terminal acetylenes is 1. The second-order valence-electron chi connectivity index (χ2n) is 7.25. The molecule has 1 aromatic carbocycles. The molecule has 0 aliphatic carbocycles. The fourth-order valence-electron chi connectivity index (χ4n) is 2.87. The number of aromatic nitrogens is 2. The molecule has 162 valence electrons. The van der Waals surface area contributed by atoms with Crippen molar-refractivity contribution in [3.05, 3.63) is 53.3 Å². The number of methoxy groups -OCH3 is 1. The van der Waals surface area contributed by atoms with E-state index in [4.69, 9.17) is 20.4 Å². The van der Waals surface area contributed by atoms with E-state index in [0.717, 1.165) is 11.8 Å². The number of hydrogen-bond acceptors (Lipinski definition) is 7. The summed E-state index contributed by atoms with van der Waals surface area (Å²) in [4.78, 5) is 17.0. The maximum absolute atomic E-state index is 14.6. The summed E-state index contributed by atoms with van der Waals surface area (Å²) in [5, 5.41) is 7.47. The Morgan fingerprint density at radius 2 is 2.16 bits per heavy atom. The van der Waals surface area contributed by atoms with Crippen molar-refractivity contribution >= 4 is 28.6 Å². The van der Waals surface area contributed by atoms with E-state index in [1.807, 2.05) is 0 Å². The Morgan fingerprint density at radius 1 is 1.39 bits per heavy atom. The first kappa shape index (κ1) is 22.6. The standard InChI is InChI=1S/C22H22FN3O4S/c1-6-13-7-14-8-18(16(23)10-17(14)24-11-13)29-21(31-5)20(27)25-22(2,3)19-9-15(12-28-4)30-26-19/h1,7-11,21H,12H2,2-5H3,(H,25,27). The van der Waals surface area contributed by atoms with Crippen molar-refractivity contribution < 1.29 is 23.2 Å². The third-order valence-electron chi connectivity index (χ3n) is 4.49. The number of thioether (sulfide) groups is 1. The Kier molecular flexibility index (Phi) is 6.83. The van der Waals surface area contributed by atoms with Gasteiger partial charge in [0, 0.05) is 36.4 Å². The van der Waals surface area contributed by atoms with Gasteiger partial charge in [-0.25, -0.2) is 4.39 Å². The van der Waals surface area contributed by atoms with Crippen molar-refractivity contribution in [2.24, 2.45) is 0 Å². The van der Waals surface area contributed by atoms with Crippen LogP contribution in [0.4, 0.5) is 4.39 Å². The highest BCUT2D eigenvalue weighted by Crippen LogP contribution is 2.28. The lowest BCUT2D eigenvalue weighted by Crippen LogP contribution is -2.46. The number of benzene rings is 1. The maximum Gasteiger partial charge on any atom is 0.272 e. The fraction of sp³-hybridized carbons (Fsp3) is 0.318. The molecule has 31 heavy (non-hydrogen) atoms. The van der Waals surface area contributed by atoms with Crippen molar-refractivity contribution in [2.75, 3.05) is 13.4 Å². The Labute approximate surface area is 183 Å². The molecular weight excluding hydrogens is 421 g/mol. The van der Waals surface area contributed by atoms with Crippen molar-refractivity contribution in [2.45, 2.75) is 31.4 Å². The lowest BCUT2D eigenvalue weighted by Gasteiger charge is -2.26. The SMILES string of the molecule is C#Cc1cnc2cc(F)c(OC(SC)C(=O)NC(C)(C)c3cc(COC)on3)cc2c1. The number of carbonyl (C=O) groups excluding carboxylic acids is 1. The van der Waals surface area contributed by atoms with Crippen LogP contribution >= 0.6 is 11.8 Å². The largest absolute Gasteiger partial charge is 0.467 e. The summed E-state index contributed by atoms with van der Waals surface area (Å²) >= 11 is 1.13. The average molecular weight is 444 g/mol. The quantitative estimate of drug-likeness (QED) is 0.420. The highest BCUT2D eigenvalue weighted by Gasteiger charge is 2.31. The molecule has 3 aromatic rings. The highest BCUT2D eigenvalue weighted by atomic mass is 32.2. The van der Waals surface area contributed by atoms with Crippen LogP contribution in [0.15, 0.2) is 35.0 Å². The summed E-state index contributed by atoms with van der Waals surface area (Å²) in [6.07, 6.45) is 8.59. The zero-order valence-corrected chi connectivity index (χ0v) is 18.4. The van der Waals surface area contributed by atoms with Gasteiger partial charge < -0.3 is 19.3 Å². The maximum atomic E-state index is 14.6. The van der Waals surface area contributed by atoms with Gasteiger partial charge in [0.15, 0.2) is 17.3 Å². The molecule has 0 aliphatic heterocycles. The lowest BCUT2D eigenvalue weighted by atomic mass is 10.0. The van der Waals surface area contributed by atoms with Gasteiger partial charge in [0.2, 0.25) is 5.44 Å². The van der Waals surface area contributed by atoms with E-state index in [0.29, 0.717) is 27.9 Å². The van der Waals surface area contributed by atoms with Crippen LogP contribution in [0.3, 0.4) is 0 Å². The third-order valence-corrected chi connectivity index (χ3v) is 5.22. The second kappa shape index (κ2) is 9.37. The van der Waals surface area contributed by atoms with Gasteiger partial charge in [0.1, 0.15) is 12.3 Å². The summed E-state index contributed by atoms with van der Waals surface area (Å²) in [7, 11) is 1.55. The molecule has 0 spiro atoms. The molecule has 9 heteroatoms. The van der Waals surface area contributed by atoms with Gasteiger partial charge in [-0.1, -0.05) is 11.1 Å². The number of nitrogens with one attached hydrogen (secondary N) is 1. The van der Waals surface area contributed by atoms with E-state index >= 15 is 0 Å². The average Bonchev–Trinajstić information content (AvgIpc) is 3.21. The molecule has 2 aromatic heterocycles. The van der Waals surface area contributed by atoms with Gasteiger partial charge in [-0.05, 0) is 32.2 Å². The van der Waals surface area contributed by atoms with E-state index in [2.05, 4.69) is 21.4 Å². The third kappa shape index (κ3) is 5.16. The Morgan fingerprint density at radius 3 is 2.84 bits per heavy atom. The van der Waals surface area contributed by atoms with Crippen LogP contribution in [0.1, 0.15) is 30.9 Å². The molecule has 0 fully saturated rings. The zero-order chi connectivity index (χ0) is 22.6. The Hall–Kier alpha value is -3.09. The number of amides is 1. The summed E-state index contributed by atoms with van der Waals surface area (Å²) in [5.41, 5.74) is -0.324. The van der Waals surface area contributed by atoms with Gasteiger partial charge in [-0.3, -0.25) is 9.78 Å². The number of ether oxygens (including phenoxy) is 2. The molecule has 7 nitrogen and oxygen atoms in total. The molecule has 1 N–H and O–H groups in total.